The lowest BCUT2D eigenvalue weighted by atomic mass is 10.1. The second-order valence-corrected chi connectivity index (χ2v) is 7.28. The van der Waals surface area contributed by atoms with Crippen LogP contribution in [-0.2, 0) is 0 Å². The maximum absolute atomic E-state index is 6.30. The maximum atomic E-state index is 6.30. The number of pyridine rings is 1. The van der Waals surface area contributed by atoms with Gasteiger partial charge in [-0.15, -0.1) is 0 Å². The van der Waals surface area contributed by atoms with Crippen LogP contribution in [0.4, 0.5) is 0 Å². The standard InChI is InChI=1S/C24H13ClN4O/c25-24-28-22(16-10-9-14-5-1-2-6-15(14)13-16)27-23(29-24)21-20-17-7-3-4-8-18(17)30-19(20)11-12-26-21/h1-13H. The van der Waals surface area contributed by atoms with E-state index in [-0.39, 0.29) is 5.28 Å². The largest absolute Gasteiger partial charge is 0.456 e. The SMILES string of the molecule is Clc1nc(-c2ccc3ccccc3c2)nc(-c2nccc3oc4ccccc4c23)n1. The Morgan fingerprint density at radius 3 is 2.43 bits per heavy atom. The lowest BCUT2D eigenvalue weighted by Crippen LogP contribution is -1.99. The van der Waals surface area contributed by atoms with Crippen molar-refractivity contribution in [3.8, 4) is 22.9 Å². The van der Waals surface area contributed by atoms with E-state index in [0.29, 0.717) is 17.3 Å². The Labute approximate surface area is 176 Å². The predicted molar refractivity (Wildman–Crippen MR) is 118 cm³/mol. The predicted octanol–water partition coefficient (Wildman–Crippen LogP) is 6.31. The summed E-state index contributed by atoms with van der Waals surface area (Å²) >= 11 is 6.30. The number of fused-ring (bicyclic) bond motifs is 4. The summed E-state index contributed by atoms with van der Waals surface area (Å²) in [5, 5.41) is 4.20. The summed E-state index contributed by atoms with van der Waals surface area (Å²) in [5.74, 6) is 0.915. The van der Waals surface area contributed by atoms with E-state index in [4.69, 9.17) is 21.0 Å². The van der Waals surface area contributed by atoms with E-state index in [0.717, 1.165) is 38.3 Å². The van der Waals surface area contributed by atoms with Gasteiger partial charge in [-0.2, -0.15) is 9.97 Å². The average Bonchev–Trinajstić information content (AvgIpc) is 3.17. The molecule has 0 radical (unpaired) electrons. The number of hydrogen-bond acceptors (Lipinski definition) is 5. The zero-order valence-electron chi connectivity index (χ0n) is 15.6. The van der Waals surface area contributed by atoms with Crippen molar-refractivity contribution < 1.29 is 4.42 Å². The van der Waals surface area contributed by atoms with E-state index in [1.165, 1.54) is 0 Å². The van der Waals surface area contributed by atoms with Gasteiger partial charge in [0.2, 0.25) is 5.28 Å². The molecule has 0 aliphatic heterocycles. The number of benzene rings is 3. The van der Waals surface area contributed by atoms with Crippen LogP contribution in [0.1, 0.15) is 0 Å². The maximum Gasteiger partial charge on any atom is 0.226 e. The molecule has 0 saturated heterocycles. The molecule has 6 heteroatoms. The highest BCUT2D eigenvalue weighted by molar-refractivity contribution is 6.28. The summed E-state index contributed by atoms with van der Waals surface area (Å²) in [6.07, 6.45) is 1.69. The fraction of sp³-hybridized carbons (Fsp3) is 0. The molecule has 3 heterocycles. The zero-order chi connectivity index (χ0) is 20.1. The van der Waals surface area contributed by atoms with Crippen LogP contribution in [0.2, 0.25) is 5.28 Å². The second kappa shape index (κ2) is 6.61. The average molecular weight is 409 g/mol. The Hall–Kier alpha value is -3.83. The molecule has 6 rings (SSSR count). The number of hydrogen-bond donors (Lipinski definition) is 0. The number of furan rings is 1. The fourth-order valence-corrected chi connectivity index (χ4v) is 3.91. The van der Waals surface area contributed by atoms with Crippen LogP contribution in [0.25, 0.3) is 55.6 Å². The van der Waals surface area contributed by atoms with Gasteiger partial charge in [0.05, 0.1) is 5.39 Å². The molecule has 3 aromatic heterocycles. The Morgan fingerprint density at radius 2 is 1.50 bits per heavy atom. The Morgan fingerprint density at radius 1 is 0.700 bits per heavy atom. The molecule has 0 aliphatic carbocycles. The molecule has 0 spiro atoms. The second-order valence-electron chi connectivity index (χ2n) is 6.94. The molecule has 5 nitrogen and oxygen atoms in total. The van der Waals surface area contributed by atoms with E-state index in [9.17, 15) is 0 Å². The van der Waals surface area contributed by atoms with Crippen molar-refractivity contribution in [1.29, 1.82) is 0 Å². The molecule has 142 valence electrons. The molecule has 0 bridgehead atoms. The molecule has 0 atom stereocenters. The molecular weight excluding hydrogens is 396 g/mol. The summed E-state index contributed by atoms with van der Waals surface area (Å²) in [6.45, 7) is 0. The Bertz CT molecular complexity index is 1570. The number of nitrogens with zero attached hydrogens (tertiary/aromatic N) is 4. The molecule has 0 unspecified atom stereocenters. The summed E-state index contributed by atoms with van der Waals surface area (Å²) in [4.78, 5) is 18.0. The Kier molecular flexibility index (Phi) is 3.76. The van der Waals surface area contributed by atoms with Crippen molar-refractivity contribution in [3.05, 3.63) is 84.3 Å². The third kappa shape index (κ3) is 2.71. The number of aromatic nitrogens is 4. The van der Waals surface area contributed by atoms with E-state index in [1.54, 1.807) is 6.20 Å². The quantitative estimate of drug-likeness (QED) is 0.336. The van der Waals surface area contributed by atoms with Gasteiger partial charge >= 0.3 is 0 Å². The van der Waals surface area contributed by atoms with Crippen molar-refractivity contribution in [3.63, 3.8) is 0 Å². The molecule has 30 heavy (non-hydrogen) atoms. The van der Waals surface area contributed by atoms with Gasteiger partial charge in [0, 0.05) is 17.1 Å². The lowest BCUT2D eigenvalue weighted by molar-refractivity contribution is 0.668. The van der Waals surface area contributed by atoms with Gasteiger partial charge in [-0.1, -0.05) is 54.6 Å². The Balaban J connectivity index is 1.58. The minimum atomic E-state index is 0.120. The van der Waals surface area contributed by atoms with Crippen LogP contribution in [0.3, 0.4) is 0 Å². The first-order chi connectivity index (χ1) is 14.8. The first-order valence-corrected chi connectivity index (χ1v) is 9.81. The van der Waals surface area contributed by atoms with Gasteiger partial charge in [-0.05, 0) is 40.6 Å². The lowest BCUT2D eigenvalue weighted by Gasteiger charge is -2.06. The fourth-order valence-electron chi connectivity index (χ4n) is 3.75. The molecule has 0 amide bonds. The van der Waals surface area contributed by atoms with Crippen molar-refractivity contribution in [2.24, 2.45) is 0 Å². The van der Waals surface area contributed by atoms with E-state index in [1.807, 2.05) is 60.7 Å². The number of rotatable bonds is 2. The minimum Gasteiger partial charge on any atom is -0.456 e. The van der Waals surface area contributed by atoms with Crippen LogP contribution < -0.4 is 0 Å². The minimum absolute atomic E-state index is 0.120. The zero-order valence-corrected chi connectivity index (χ0v) is 16.3. The monoisotopic (exact) mass is 408 g/mol. The van der Waals surface area contributed by atoms with Gasteiger partial charge in [-0.3, -0.25) is 4.98 Å². The van der Waals surface area contributed by atoms with Crippen molar-refractivity contribution in [1.82, 2.24) is 19.9 Å². The molecule has 0 N–H and O–H groups in total. The van der Waals surface area contributed by atoms with Gasteiger partial charge in [-0.25, -0.2) is 4.98 Å². The smallest absolute Gasteiger partial charge is 0.226 e. The van der Waals surface area contributed by atoms with Crippen LogP contribution in [0.5, 0.6) is 0 Å². The van der Waals surface area contributed by atoms with Crippen molar-refractivity contribution in [2.45, 2.75) is 0 Å². The van der Waals surface area contributed by atoms with Gasteiger partial charge < -0.3 is 4.42 Å². The van der Waals surface area contributed by atoms with Gasteiger partial charge in [0.1, 0.15) is 16.9 Å². The summed E-state index contributed by atoms with van der Waals surface area (Å²) in [6, 6.07) is 23.9. The molecule has 0 saturated carbocycles. The third-order valence-corrected chi connectivity index (χ3v) is 5.29. The van der Waals surface area contributed by atoms with Gasteiger partial charge in [0.25, 0.3) is 0 Å². The van der Waals surface area contributed by atoms with Crippen molar-refractivity contribution >= 4 is 44.3 Å². The highest BCUT2D eigenvalue weighted by Crippen LogP contribution is 2.34. The normalized spacial score (nSPS) is 11.5. The summed E-state index contributed by atoms with van der Waals surface area (Å²) in [5.41, 5.74) is 2.99. The van der Waals surface area contributed by atoms with Crippen molar-refractivity contribution in [2.75, 3.05) is 0 Å². The molecular formula is C24H13ClN4O. The van der Waals surface area contributed by atoms with E-state index in [2.05, 4.69) is 27.1 Å². The third-order valence-electron chi connectivity index (χ3n) is 5.12. The number of halogens is 1. The molecule has 0 aliphatic rings. The van der Waals surface area contributed by atoms with Crippen LogP contribution in [0.15, 0.2) is 83.4 Å². The van der Waals surface area contributed by atoms with Crippen LogP contribution >= 0.6 is 11.6 Å². The van der Waals surface area contributed by atoms with E-state index < -0.39 is 0 Å². The van der Waals surface area contributed by atoms with E-state index >= 15 is 0 Å². The highest BCUT2D eigenvalue weighted by atomic mass is 35.5. The summed E-state index contributed by atoms with van der Waals surface area (Å²) < 4.78 is 5.96. The molecule has 3 aromatic carbocycles. The first-order valence-electron chi connectivity index (χ1n) is 9.44. The van der Waals surface area contributed by atoms with Crippen LogP contribution in [-0.4, -0.2) is 19.9 Å². The number of para-hydroxylation sites is 1. The molecule has 6 aromatic rings. The molecule has 0 fully saturated rings. The highest BCUT2D eigenvalue weighted by Gasteiger charge is 2.17. The topological polar surface area (TPSA) is 64.7 Å². The first kappa shape index (κ1) is 17.1. The van der Waals surface area contributed by atoms with Gasteiger partial charge in [0.15, 0.2) is 11.6 Å². The summed E-state index contributed by atoms with van der Waals surface area (Å²) in [7, 11) is 0. The van der Waals surface area contributed by atoms with Crippen LogP contribution in [0, 0.1) is 0 Å².